The first kappa shape index (κ1) is 12.9. The Balaban J connectivity index is 2.47. The summed E-state index contributed by atoms with van der Waals surface area (Å²) in [5, 5.41) is 0. The Morgan fingerprint density at radius 2 is 2.00 bits per heavy atom. The van der Waals surface area contributed by atoms with E-state index in [1.807, 2.05) is 0 Å². The maximum absolute atomic E-state index is 12.1. The normalized spacial score (nSPS) is 23.8. The molecule has 1 saturated heterocycles. The van der Waals surface area contributed by atoms with E-state index in [0.29, 0.717) is 24.3 Å². The van der Waals surface area contributed by atoms with E-state index < -0.39 is 22.0 Å². The molecular formula is C11H14N2O4S. The van der Waals surface area contributed by atoms with Crippen molar-refractivity contribution in [2.45, 2.75) is 25.8 Å². The molecule has 0 saturated carbocycles. The molecule has 1 N–H and O–H groups in total. The minimum absolute atomic E-state index is 0.0127. The highest BCUT2D eigenvalue weighted by molar-refractivity contribution is 7.85. The van der Waals surface area contributed by atoms with Gasteiger partial charge in [-0.3, -0.25) is 18.4 Å². The number of hydrogen-bond donors (Lipinski definition) is 1. The number of aromatic amines is 1. The largest absolute Gasteiger partial charge is 0.328 e. The molecule has 0 aromatic carbocycles. The molecule has 0 bridgehead atoms. The van der Waals surface area contributed by atoms with Gasteiger partial charge in [0.25, 0.3) is 5.56 Å². The second-order valence-corrected chi connectivity index (χ2v) is 6.01. The minimum atomic E-state index is -0.857. The number of hydrogen-bond acceptors (Lipinski definition) is 4. The molecule has 0 aliphatic carbocycles. The zero-order valence-electron chi connectivity index (χ0n) is 9.97. The lowest BCUT2D eigenvalue weighted by atomic mass is 10.1. The van der Waals surface area contributed by atoms with E-state index in [0.717, 1.165) is 10.8 Å². The fourth-order valence-corrected chi connectivity index (χ4v) is 3.38. The van der Waals surface area contributed by atoms with E-state index in [4.69, 9.17) is 0 Å². The molecule has 1 fully saturated rings. The Morgan fingerprint density at radius 1 is 1.39 bits per heavy atom. The molecule has 2 heterocycles. The number of Topliss-reactive ketones (excluding diaryl/α,β-unsaturated/α-hetero) is 1. The summed E-state index contributed by atoms with van der Waals surface area (Å²) in [7, 11) is -0.857. The molecule has 18 heavy (non-hydrogen) atoms. The number of aromatic nitrogens is 2. The second kappa shape index (κ2) is 5.01. The highest BCUT2D eigenvalue weighted by Crippen LogP contribution is 2.19. The Morgan fingerprint density at radius 3 is 2.56 bits per heavy atom. The third kappa shape index (κ3) is 2.35. The Hall–Kier alpha value is -1.50. The number of nitrogens with one attached hydrogen (secondary N) is 1. The van der Waals surface area contributed by atoms with Crippen molar-refractivity contribution in [3.63, 3.8) is 0 Å². The first-order valence-electron chi connectivity index (χ1n) is 5.71. The van der Waals surface area contributed by atoms with Gasteiger partial charge in [-0.2, -0.15) is 0 Å². The van der Waals surface area contributed by atoms with Crippen molar-refractivity contribution < 1.29 is 9.00 Å². The molecule has 1 aromatic heterocycles. The SMILES string of the molecule is CC(=O)c1c[nH]c(=O)n(C2CCS(=O)CC2)c1=O. The molecule has 1 aliphatic rings. The van der Waals surface area contributed by atoms with Crippen LogP contribution in [0.4, 0.5) is 0 Å². The lowest BCUT2D eigenvalue weighted by Gasteiger charge is -2.22. The van der Waals surface area contributed by atoms with Gasteiger partial charge >= 0.3 is 5.69 Å². The van der Waals surface area contributed by atoms with Gasteiger partial charge in [0.05, 0.1) is 5.56 Å². The van der Waals surface area contributed by atoms with E-state index in [1.165, 1.54) is 6.92 Å². The maximum atomic E-state index is 12.1. The summed E-state index contributed by atoms with van der Waals surface area (Å²) in [4.78, 5) is 37.5. The van der Waals surface area contributed by atoms with Crippen LogP contribution in [0.2, 0.25) is 0 Å². The summed E-state index contributed by atoms with van der Waals surface area (Å²) >= 11 is 0. The van der Waals surface area contributed by atoms with Crippen molar-refractivity contribution in [3.05, 3.63) is 32.6 Å². The van der Waals surface area contributed by atoms with Gasteiger partial charge in [0, 0.05) is 34.5 Å². The Kier molecular flexibility index (Phi) is 3.60. The van der Waals surface area contributed by atoms with E-state index in [9.17, 15) is 18.6 Å². The van der Waals surface area contributed by atoms with E-state index in [1.54, 1.807) is 0 Å². The fraction of sp³-hybridized carbons (Fsp3) is 0.545. The van der Waals surface area contributed by atoms with Crippen molar-refractivity contribution in [1.29, 1.82) is 0 Å². The summed E-state index contributed by atoms with van der Waals surface area (Å²) in [6.45, 7) is 1.29. The number of ketones is 1. The molecule has 0 spiro atoms. The van der Waals surface area contributed by atoms with Crippen LogP contribution in [0.25, 0.3) is 0 Å². The van der Waals surface area contributed by atoms with Crippen LogP contribution in [-0.4, -0.2) is 31.0 Å². The third-order valence-electron chi connectivity index (χ3n) is 3.11. The smallest absolute Gasteiger partial charge is 0.313 e. The van der Waals surface area contributed by atoms with Crippen molar-refractivity contribution in [3.8, 4) is 0 Å². The van der Waals surface area contributed by atoms with Crippen LogP contribution in [0.5, 0.6) is 0 Å². The Bertz CT molecular complexity index is 606. The van der Waals surface area contributed by atoms with Crippen LogP contribution in [0.15, 0.2) is 15.8 Å². The average Bonchev–Trinajstić information content (AvgIpc) is 2.31. The first-order valence-corrected chi connectivity index (χ1v) is 7.19. The van der Waals surface area contributed by atoms with Gasteiger partial charge < -0.3 is 4.98 Å². The molecule has 1 aliphatic heterocycles. The number of rotatable bonds is 2. The fourth-order valence-electron chi connectivity index (χ4n) is 2.11. The molecule has 6 nitrogen and oxygen atoms in total. The lowest BCUT2D eigenvalue weighted by Crippen LogP contribution is -2.42. The zero-order valence-corrected chi connectivity index (χ0v) is 10.8. The number of carbonyl (C=O) groups excluding carboxylic acids is 1. The molecule has 98 valence electrons. The standard InChI is InChI=1S/C11H14N2O4S/c1-7(14)9-6-12-11(16)13(10(9)15)8-2-4-18(17)5-3-8/h6,8H,2-5H2,1H3,(H,12,16). The predicted octanol–water partition coefficient (Wildman–Crippen LogP) is -0.177. The van der Waals surface area contributed by atoms with E-state index >= 15 is 0 Å². The summed E-state index contributed by atoms with van der Waals surface area (Å²) in [5.41, 5.74) is -1.08. The summed E-state index contributed by atoms with van der Waals surface area (Å²) in [6.07, 6.45) is 2.21. The molecule has 0 unspecified atom stereocenters. The average molecular weight is 270 g/mol. The van der Waals surface area contributed by atoms with Crippen molar-refractivity contribution >= 4 is 16.6 Å². The highest BCUT2D eigenvalue weighted by Gasteiger charge is 2.23. The van der Waals surface area contributed by atoms with Gasteiger partial charge in [-0.15, -0.1) is 0 Å². The van der Waals surface area contributed by atoms with Crippen LogP contribution in [0.3, 0.4) is 0 Å². The number of H-pyrrole nitrogens is 1. The lowest BCUT2D eigenvalue weighted by molar-refractivity contribution is 0.101. The third-order valence-corrected chi connectivity index (χ3v) is 4.49. The second-order valence-electron chi connectivity index (χ2n) is 4.32. The minimum Gasteiger partial charge on any atom is -0.313 e. The van der Waals surface area contributed by atoms with Gasteiger partial charge in [-0.05, 0) is 19.8 Å². The molecule has 0 atom stereocenters. The van der Waals surface area contributed by atoms with Crippen LogP contribution < -0.4 is 11.2 Å². The van der Waals surface area contributed by atoms with Crippen LogP contribution in [0.1, 0.15) is 36.2 Å². The van der Waals surface area contributed by atoms with Crippen LogP contribution in [-0.2, 0) is 10.8 Å². The van der Waals surface area contributed by atoms with Gasteiger partial charge in [0.15, 0.2) is 5.78 Å². The van der Waals surface area contributed by atoms with Crippen molar-refractivity contribution in [1.82, 2.24) is 9.55 Å². The van der Waals surface area contributed by atoms with Gasteiger partial charge in [-0.25, -0.2) is 4.79 Å². The monoisotopic (exact) mass is 270 g/mol. The summed E-state index contributed by atoms with van der Waals surface area (Å²) < 4.78 is 12.4. The van der Waals surface area contributed by atoms with Gasteiger partial charge in [0.2, 0.25) is 0 Å². The zero-order chi connectivity index (χ0) is 13.3. The van der Waals surface area contributed by atoms with Crippen LogP contribution in [0, 0.1) is 0 Å². The summed E-state index contributed by atoms with van der Waals surface area (Å²) in [6, 6.07) is -0.266. The number of carbonyl (C=O) groups is 1. The molecule has 1 aromatic rings. The first-order chi connectivity index (χ1) is 8.50. The Labute approximate surface area is 105 Å². The van der Waals surface area contributed by atoms with Gasteiger partial charge in [0.1, 0.15) is 0 Å². The molecule has 2 rings (SSSR count). The van der Waals surface area contributed by atoms with Crippen molar-refractivity contribution in [2.75, 3.05) is 11.5 Å². The summed E-state index contributed by atoms with van der Waals surface area (Å²) in [5.74, 6) is 0.603. The molecule has 0 amide bonds. The maximum Gasteiger partial charge on any atom is 0.328 e. The quantitative estimate of drug-likeness (QED) is 0.755. The van der Waals surface area contributed by atoms with E-state index in [-0.39, 0.29) is 17.4 Å². The highest BCUT2D eigenvalue weighted by atomic mass is 32.2. The van der Waals surface area contributed by atoms with Gasteiger partial charge in [-0.1, -0.05) is 0 Å². The molecule has 7 heteroatoms. The predicted molar refractivity (Wildman–Crippen MR) is 67.5 cm³/mol. The molecule has 0 radical (unpaired) electrons. The molecular weight excluding hydrogens is 256 g/mol. The topological polar surface area (TPSA) is 89.0 Å². The van der Waals surface area contributed by atoms with Crippen molar-refractivity contribution in [2.24, 2.45) is 0 Å². The van der Waals surface area contributed by atoms with Crippen LogP contribution >= 0.6 is 0 Å². The number of nitrogens with zero attached hydrogens (tertiary/aromatic N) is 1. The van der Waals surface area contributed by atoms with E-state index in [2.05, 4.69) is 4.98 Å².